The van der Waals surface area contributed by atoms with Gasteiger partial charge in [0.25, 0.3) is 0 Å². The number of carbonyl (C=O) groups excluding carboxylic acids is 1. The molecule has 0 aliphatic rings. The van der Waals surface area contributed by atoms with E-state index >= 15 is 0 Å². The molecule has 2 aromatic rings. The van der Waals surface area contributed by atoms with Crippen LogP contribution in [0.2, 0.25) is 5.02 Å². The fourth-order valence-corrected chi connectivity index (χ4v) is 1.84. The summed E-state index contributed by atoms with van der Waals surface area (Å²) in [6.07, 6.45) is -1.15. The van der Waals surface area contributed by atoms with E-state index in [1.807, 2.05) is 0 Å². The first kappa shape index (κ1) is 13.5. The SMILES string of the molecule is O=Cc1c(Cl)cncc1-c1ccc(C(F)(F)F)cc1. The molecule has 0 atom stereocenters. The van der Waals surface area contributed by atoms with Crippen molar-refractivity contribution in [2.45, 2.75) is 6.18 Å². The second-order valence-electron chi connectivity index (χ2n) is 3.78. The van der Waals surface area contributed by atoms with Crippen LogP contribution in [0.3, 0.4) is 0 Å². The summed E-state index contributed by atoms with van der Waals surface area (Å²) in [5, 5.41) is 0.160. The summed E-state index contributed by atoms with van der Waals surface area (Å²) in [6.45, 7) is 0. The molecule has 0 fully saturated rings. The minimum Gasteiger partial charge on any atom is -0.298 e. The maximum absolute atomic E-state index is 12.4. The number of halogens is 4. The normalized spacial score (nSPS) is 11.4. The second kappa shape index (κ2) is 5.01. The van der Waals surface area contributed by atoms with Gasteiger partial charge in [-0.2, -0.15) is 13.2 Å². The van der Waals surface area contributed by atoms with Crippen LogP contribution in [-0.2, 0) is 6.18 Å². The van der Waals surface area contributed by atoms with Gasteiger partial charge in [-0.3, -0.25) is 9.78 Å². The number of hydrogen-bond donors (Lipinski definition) is 0. The maximum atomic E-state index is 12.4. The largest absolute Gasteiger partial charge is 0.416 e. The number of aldehydes is 1. The number of aromatic nitrogens is 1. The molecule has 0 radical (unpaired) electrons. The molecular weight excluding hydrogens is 279 g/mol. The number of carbonyl (C=O) groups is 1. The van der Waals surface area contributed by atoms with E-state index in [0.717, 1.165) is 12.1 Å². The maximum Gasteiger partial charge on any atom is 0.416 e. The summed E-state index contributed by atoms with van der Waals surface area (Å²) in [4.78, 5) is 14.8. The van der Waals surface area contributed by atoms with Crippen molar-refractivity contribution in [3.63, 3.8) is 0 Å². The van der Waals surface area contributed by atoms with E-state index in [1.165, 1.54) is 24.5 Å². The van der Waals surface area contributed by atoms with E-state index in [1.54, 1.807) is 0 Å². The fourth-order valence-electron chi connectivity index (χ4n) is 1.63. The van der Waals surface area contributed by atoms with Crippen molar-refractivity contribution in [1.29, 1.82) is 0 Å². The minimum atomic E-state index is -4.39. The Morgan fingerprint density at radius 1 is 1.11 bits per heavy atom. The lowest BCUT2D eigenvalue weighted by Crippen LogP contribution is -2.04. The van der Waals surface area contributed by atoms with E-state index in [0.29, 0.717) is 17.4 Å². The Bertz CT molecular complexity index is 608. The smallest absolute Gasteiger partial charge is 0.298 e. The average molecular weight is 286 g/mol. The molecule has 2 nitrogen and oxygen atoms in total. The molecule has 19 heavy (non-hydrogen) atoms. The van der Waals surface area contributed by atoms with E-state index in [2.05, 4.69) is 4.98 Å². The number of nitrogens with zero attached hydrogens (tertiary/aromatic N) is 1. The summed E-state index contributed by atoms with van der Waals surface area (Å²) < 4.78 is 37.3. The zero-order valence-corrected chi connectivity index (χ0v) is 10.2. The van der Waals surface area contributed by atoms with Gasteiger partial charge in [0.1, 0.15) is 0 Å². The van der Waals surface area contributed by atoms with E-state index < -0.39 is 11.7 Å². The van der Waals surface area contributed by atoms with Crippen molar-refractivity contribution in [1.82, 2.24) is 4.98 Å². The zero-order valence-electron chi connectivity index (χ0n) is 9.41. The van der Waals surface area contributed by atoms with Gasteiger partial charge < -0.3 is 0 Å². The number of pyridine rings is 1. The van der Waals surface area contributed by atoms with Crippen molar-refractivity contribution in [2.75, 3.05) is 0 Å². The Morgan fingerprint density at radius 2 is 1.74 bits per heavy atom. The molecule has 0 N–H and O–H groups in total. The van der Waals surface area contributed by atoms with Gasteiger partial charge in [0.15, 0.2) is 6.29 Å². The van der Waals surface area contributed by atoms with Crippen molar-refractivity contribution in [2.24, 2.45) is 0 Å². The van der Waals surface area contributed by atoms with Gasteiger partial charge in [-0.25, -0.2) is 0 Å². The molecule has 0 spiro atoms. The quantitative estimate of drug-likeness (QED) is 0.773. The van der Waals surface area contributed by atoms with Crippen LogP contribution in [0.4, 0.5) is 13.2 Å². The first-order valence-corrected chi connectivity index (χ1v) is 5.57. The van der Waals surface area contributed by atoms with Crippen molar-refractivity contribution in [3.8, 4) is 11.1 Å². The Balaban J connectivity index is 2.49. The minimum absolute atomic E-state index is 0.160. The number of rotatable bonds is 2. The van der Waals surface area contributed by atoms with Crippen LogP contribution in [0, 0.1) is 0 Å². The molecule has 0 saturated carbocycles. The lowest BCUT2D eigenvalue weighted by molar-refractivity contribution is -0.137. The highest BCUT2D eigenvalue weighted by molar-refractivity contribution is 6.33. The highest BCUT2D eigenvalue weighted by Gasteiger charge is 2.30. The van der Waals surface area contributed by atoms with E-state index in [4.69, 9.17) is 11.6 Å². The third-order valence-electron chi connectivity index (χ3n) is 2.58. The molecule has 1 aromatic heterocycles. The van der Waals surface area contributed by atoms with Gasteiger partial charge in [-0.05, 0) is 17.7 Å². The van der Waals surface area contributed by atoms with Crippen LogP contribution < -0.4 is 0 Å². The van der Waals surface area contributed by atoms with E-state index in [9.17, 15) is 18.0 Å². The Labute approximate surface area is 111 Å². The molecule has 6 heteroatoms. The zero-order chi connectivity index (χ0) is 14.0. The van der Waals surface area contributed by atoms with Crippen LogP contribution in [0.25, 0.3) is 11.1 Å². The van der Waals surface area contributed by atoms with Crippen LogP contribution in [0.1, 0.15) is 15.9 Å². The molecule has 1 aromatic carbocycles. The summed E-state index contributed by atoms with van der Waals surface area (Å²) >= 11 is 5.81. The molecule has 0 aliphatic heterocycles. The predicted molar refractivity (Wildman–Crippen MR) is 65.1 cm³/mol. The highest BCUT2D eigenvalue weighted by Crippen LogP contribution is 2.32. The Hall–Kier alpha value is -1.88. The van der Waals surface area contributed by atoms with Gasteiger partial charge in [0.2, 0.25) is 0 Å². The van der Waals surface area contributed by atoms with Crippen LogP contribution in [0.5, 0.6) is 0 Å². The van der Waals surface area contributed by atoms with Gasteiger partial charge in [-0.1, -0.05) is 23.7 Å². The average Bonchev–Trinajstić information content (AvgIpc) is 2.37. The summed E-state index contributed by atoms with van der Waals surface area (Å²) in [6, 6.07) is 4.46. The van der Waals surface area contributed by atoms with Gasteiger partial charge in [0.05, 0.1) is 10.6 Å². The van der Waals surface area contributed by atoms with E-state index in [-0.39, 0.29) is 10.6 Å². The molecule has 1 heterocycles. The Morgan fingerprint density at radius 3 is 2.26 bits per heavy atom. The van der Waals surface area contributed by atoms with Crippen LogP contribution >= 0.6 is 11.6 Å². The van der Waals surface area contributed by atoms with Crippen LogP contribution in [-0.4, -0.2) is 11.3 Å². The van der Waals surface area contributed by atoms with Crippen molar-refractivity contribution >= 4 is 17.9 Å². The number of benzene rings is 1. The highest BCUT2D eigenvalue weighted by atomic mass is 35.5. The third kappa shape index (κ3) is 2.76. The summed E-state index contributed by atoms with van der Waals surface area (Å²) in [5.41, 5.74) is 0.302. The fraction of sp³-hybridized carbons (Fsp3) is 0.0769. The monoisotopic (exact) mass is 285 g/mol. The van der Waals surface area contributed by atoms with Gasteiger partial charge in [-0.15, -0.1) is 0 Å². The summed E-state index contributed by atoms with van der Waals surface area (Å²) in [7, 11) is 0. The second-order valence-corrected chi connectivity index (χ2v) is 4.18. The predicted octanol–water partition coefficient (Wildman–Crippen LogP) is 4.23. The molecule has 0 bridgehead atoms. The third-order valence-corrected chi connectivity index (χ3v) is 2.88. The molecule has 0 amide bonds. The lowest BCUT2D eigenvalue weighted by atomic mass is 10.0. The molecule has 98 valence electrons. The summed E-state index contributed by atoms with van der Waals surface area (Å²) in [5.74, 6) is 0. The molecule has 0 saturated heterocycles. The van der Waals surface area contributed by atoms with Crippen molar-refractivity contribution in [3.05, 3.63) is 52.8 Å². The lowest BCUT2D eigenvalue weighted by Gasteiger charge is -2.09. The van der Waals surface area contributed by atoms with Crippen LogP contribution in [0.15, 0.2) is 36.7 Å². The Kier molecular flexibility index (Phi) is 3.57. The standard InChI is InChI=1S/C13H7ClF3NO/c14-12-6-18-5-10(11(12)7-19)8-1-3-9(4-2-8)13(15,16)17/h1-7H. The molecular formula is C13H7ClF3NO. The topological polar surface area (TPSA) is 30.0 Å². The molecule has 2 rings (SSSR count). The van der Waals surface area contributed by atoms with Crippen molar-refractivity contribution < 1.29 is 18.0 Å². The first-order valence-electron chi connectivity index (χ1n) is 5.20. The molecule has 0 aliphatic carbocycles. The van der Waals surface area contributed by atoms with Gasteiger partial charge in [0, 0.05) is 23.5 Å². The number of hydrogen-bond acceptors (Lipinski definition) is 2. The molecule has 0 unspecified atom stereocenters. The number of alkyl halides is 3. The van der Waals surface area contributed by atoms with Gasteiger partial charge >= 0.3 is 6.18 Å². The first-order chi connectivity index (χ1) is 8.93.